The lowest BCUT2D eigenvalue weighted by molar-refractivity contribution is 0.125. The summed E-state index contributed by atoms with van der Waals surface area (Å²) in [5.74, 6) is 1.85. The fraction of sp³-hybridized carbons (Fsp3) is 0.250. The van der Waals surface area contributed by atoms with Crippen LogP contribution in [0.25, 0.3) is 83.6 Å². The topological polar surface area (TPSA) is 55.9 Å². The van der Waals surface area contributed by atoms with Crippen LogP contribution in [0.5, 0.6) is 0 Å². The van der Waals surface area contributed by atoms with Crippen molar-refractivity contribution in [1.82, 2.24) is 19.9 Å². The Morgan fingerprint density at radius 2 is 0.815 bits per heavy atom. The van der Waals surface area contributed by atoms with E-state index >= 15 is 0 Å². The molecule has 2 aromatic heterocycles. The molecular formula is C60H53N5. The molecule has 5 nitrogen and oxygen atoms in total. The van der Waals surface area contributed by atoms with Gasteiger partial charge in [-0.1, -0.05) is 184 Å². The van der Waals surface area contributed by atoms with Gasteiger partial charge in [-0.05, 0) is 107 Å². The first-order chi connectivity index (χ1) is 30.9. The molecule has 3 aliphatic carbocycles. The molecule has 11 rings (SSSR count). The van der Waals surface area contributed by atoms with Crippen LogP contribution in [0.15, 0.2) is 140 Å². The van der Waals surface area contributed by atoms with Crippen LogP contribution in [0.2, 0.25) is 0 Å². The third-order valence-corrected chi connectivity index (χ3v) is 16.5. The molecule has 0 radical (unpaired) electrons. The molecular weight excluding hydrogens is 791 g/mol. The van der Waals surface area contributed by atoms with Gasteiger partial charge in [0.1, 0.15) is 0 Å². The molecule has 3 aliphatic rings. The molecule has 5 heteroatoms. The van der Waals surface area contributed by atoms with Gasteiger partial charge < -0.3 is 0 Å². The van der Waals surface area contributed by atoms with E-state index in [1.165, 1.54) is 55.6 Å². The van der Waals surface area contributed by atoms with Crippen molar-refractivity contribution in [2.75, 3.05) is 0 Å². The monoisotopic (exact) mass is 843 g/mol. The number of aromatic nitrogens is 4. The van der Waals surface area contributed by atoms with Crippen LogP contribution in [0, 0.1) is 12.0 Å². The summed E-state index contributed by atoms with van der Waals surface area (Å²) >= 11 is 0. The normalized spacial score (nSPS) is 17.1. The maximum Gasteiger partial charge on any atom is 0.213 e. The first-order valence-electron chi connectivity index (χ1n) is 22.8. The molecule has 2 heterocycles. The average Bonchev–Trinajstić information content (AvgIpc) is 3.73. The van der Waals surface area contributed by atoms with Crippen LogP contribution in [-0.2, 0) is 21.7 Å². The van der Waals surface area contributed by atoms with E-state index in [1.807, 2.05) is 12.3 Å². The molecule has 0 atom stereocenters. The van der Waals surface area contributed by atoms with Gasteiger partial charge in [-0.15, -0.1) is 0 Å². The zero-order valence-corrected chi connectivity index (χ0v) is 39.0. The van der Waals surface area contributed by atoms with Crippen molar-refractivity contribution in [1.29, 1.82) is 0 Å². The van der Waals surface area contributed by atoms with Gasteiger partial charge in [0.15, 0.2) is 17.5 Å². The Kier molecular flexibility index (Phi) is 8.61. The van der Waals surface area contributed by atoms with Crippen LogP contribution in [0.3, 0.4) is 0 Å². The van der Waals surface area contributed by atoms with E-state index in [0.29, 0.717) is 28.9 Å². The number of nitrogens with zero attached hydrogens (tertiary/aromatic N) is 5. The van der Waals surface area contributed by atoms with E-state index in [9.17, 15) is 0 Å². The smallest absolute Gasteiger partial charge is 0.213 e. The predicted octanol–water partition coefficient (Wildman–Crippen LogP) is 15.4. The van der Waals surface area contributed by atoms with Gasteiger partial charge in [0, 0.05) is 33.7 Å². The van der Waals surface area contributed by atoms with E-state index in [-0.39, 0.29) is 27.1 Å². The molecule has 0 spiro atoms. The molecule has 0 amide bonds. The van der Waals surface area contributed by atoms with E-state index < -0.39 is 0 Å². The van der Waals surface area contributed by atoms with E-state index in [0.717, 1.165) is 33.4 Å². The zero-order chi connectivity index (χ0) is 45.4. The second-order valence-electron chi connectivity index (χ2n) is 21.1. The summed E-state index contributed by atoms with van der Waals surface area (Å²) < 4.78 is 0. The van der Waals surface area contributed by atoms with Gasteiger partial charge in [0.25, 0.3) is 0 Å². The standard InChI is InChI=1S/C60H53N5/c1-56(2)45-18-14-12-16-41(45)43-30-38(25-27-47(43)56)54-63-53(64-55(65-54)39-26-28-48-44(31-39)42-17-13-15-19-46(42)57(48,3)4)36-22-20-35(21-23-36)40-33-51(61-11)52(62-34-40)37-24-29-49-50(32-37)59(7,8)60(9,10)58(49,5)6/h12-34H,1-10H3. The Morgan fingerprint density at radius 1 is 0.385 bits per heavy atom. The van der Waals surface area contributed by atoms with Crippen molar-refractivity contribution in [2.45, 2.75) is 90.9 Å². The minimum Gasteiger partial charge on any atom is -0.267 e. The highest BCUT2D eigenvalue weighted by Gasteiger charge is 2.56. The van der Waals surface area contributed by atoms with E-state index in [2.05, 4.69) is 201 Å². The minimum atomic E-state index is -0.102. The largest absolute Gasteiger partial charge is 0.267 e. The fourth-order valence-electron chi connectivity index (χ4n) is 11.4. The van der Waals surface area contributed by atoms with Crippen LogP contribution in [0.4, 0.5) is 5.69 Å². The highest BCUT2D eigenvalue weighted by atomic mass is 15.0. The summed E-state index contributed by atoms with van der Waals surface area (Å²) in [6.45, 7) is 31.6. The minimum absolute atomic E-state index is 0.0126. The van der Waals surface area contributed by atoms with Gasteiger partial charge in [-0.25, -0.2) is 19.8 Å². The molecule has 0 unspecified atom stereocenters. The highest BCUT2D eigenvalue weighted by Crippen LogP contribution is 2.62. The third kappa shape index (κ3) is 5.75. The maximum atomic E-state index is 8.23. The Morgan fingerprint density at radius 3 is 1.35 bits per heavy atom. The third-order valence-electron chi connectivity index (χ3n) is 16.5. The maximum absolute atomic E-state index is 8.23. The Hall–Kier alpha value is -7.03. The summed E-state index contributed by atoms with van der Waals surface area (Å²) in [4.78, 5) is 24.6. The molecule has 0 bridgehead atoms. The number of fused-ring (bicyclic) bond motifs is 7. The molecule has 318 valence electrons. The van der Waals surface area contributed by atoms with Crippen LogP contribution < -0.4 is 0 Å². The summed E-state index contributed by atoms with van der Waals surface area (Å²) in [5, 5.41) is 0. The number of pyridine rings is 1. The van der Waals surface area contributed by atoms with Crippen molar-refractivity contribution in [2.24, 2.45) is 5.41 Å². The highest BCUT2D eigenvalue weighted by molar-refractivity contribution is 5.86. The Bertz CT molecular complexity index is 3230. The molecule has 0 fully saturated rings. The molecule has 0 N–H and O–H groups in total. The van der Waals surface area contributed by atoms with Gasteiger partial charge in [0.05, 0.1) is 12.3 Å². The first kappa shape index (κ1) is 40.7. The van der Waals surface area contributed by atoms with E-state index in [4.69, 9.17) is 26.5 Å². The van der Waals surface area contributed by atoms with Crippen LogP contribution in [0.1, 0.15) is 103 Å². The van der Waals surface area contributed by atoms with Gasteiger partial charge in [-0.3, -0.25) is 4.98 Å². The first-order valence-corrected chi connectivity index (χ1v) is 22.8. The number of rotatable bonds is 5. The lowest BCUT2D eigenvalue weighted by Gasteiger charge is -2.44. The van der Waals surface area contributed by atoms with Crippen molar-refractivity contribution in [3.05, 3.63) is 184 Å². The summed E-state index contributed by atoms with van der Waals surface area (Å²) in [6.07, 6.45) is 1.89. The number of hydrogen-bond donors (Lipinski definition) is 0. The molecule has 8 aromatic rings. The average molecular weight is 844 g/mol. The zero-order valence-electron chi connectivity index (χ0n) is 39.0. The summed E-state index contributed by atoms with van der Waals surface area (Å²) in [5.41, 5.74) is 19.6. The van der Waals surface area contributed by atoms with Gasteiger partial charge >= 0.3 is 0 Å². The van der Waals surface area contributed by atoms with Crippen molar-refractivity contribution in [3.63, 3.8) is 0 Å². The molecule has 6 aromatic carbocycles. The Balaban J connectivity index is 0.987. The molecule has 65 heavy (non-hydrogen) atoms. The second kappa shape index (κ2) is 13.7. The fourth-order valence-corrected chi connectivity index (χ4v) is 11.4. The van der Waals surface area contributed by atoms with Gasteiger partial charge in [-0.2, -0.15) is 0 Å². The number of hydrogen-bond acceptors (Lipinski definition) is 4. The molecule has 0 saturated carbocycles. The molecule has 0 aliphatic heterocycles. The quantitative estimate of drug-likeness (QED) is 0.162. The van der Waals surface area contributed by atoms with Crippen molar-refractivity contribution < 1.29 is 0 Å². The van der Waals surface area contributed by atoms with E-state index in [1.54, 1.807) is 0 Å². The summed E-state index contributed by atoms with van der Waals surface area (Å²) in [6, 6.07) is 47.7. The predicted molar refractivity (Wildman–Crippen MR) is 266 cm³/mol. The lowest BCUT2D eigenvalue weighted by Crippen LogP contribution is -2.42. The van der Waals surface area contributed by atoms with Crippen molar-refractivity contribution in [3.8, 4) is 78.8 Å². The SMILES string of the molecule is [C-]#[N+]c1cc(-c2ccc(-c3nc(-c4ccc5c(c4)-c4ccccc4C5(C)C)nc(-c4ccc5c(c4)-c4ccccc4C5(C)C)n3)cc2)cnc1-c1ccc2c(c1)C(C)(C)C(C)(C)C2(C)C. The lowest BCUT2D eigenvalue weighted by atomic mass is 9.59. The molecule has 0 saturated heterocycles. The Labute approximate surface area is 383 Å². The second-order valence-corrected chi connectivity index (χ2v) is 21.1. The summed E-state index contributed by atoms with van der Waals surface area (Å²) in [7, 11) is 0. The van der Waals surface area contributed by atoms with Crippen LogP contribution in [-0.4, -0.2) is 19.9 Å². The van der Waals surface area contributed by atoms with Crippen LogP contribution >= 0.6 is 0 Å². The van der Waals surface area contributed by atoms with Crippen molar-refractivity contribution >= 4 is 5.69 Å². The number of benzene rings is 6. The van der Waals surface area contributed by atoms with Gasteiger partial charge in [0.2, 0.25) is 5.69 Å².